The van der Waals surface area contributed by atoms with E-state index in [4.69, 9.17) is 11.6 Å². The van der Waals surface area contributed by atoms with Gasteiger partial charge in [-0.15, -0.1) is 0 Å². The summed E-state index contributed by atoms with van der Waals surface area (Å²) >= 11 is 0. The van der Waals surface area contributed by atoms with Gasteiger partial charge in [0, 0.05) is 0 Å². The number of nitrogens with two attached hydrogens (primary N) is 2. The number of hydrazone groups is 1. The summed E-state index contributed by atoms with van der Waals surface area (Å²) in [6.45, 7) is 0.708. The molecular weight excluding hydrogens is 283 g/mol. The van der Waals surface area contributed by atoms with Gasteiger partial charge in [-0.3, -0.25) is 0 Å². The van der Waals surface area contributed by atoms with Crippen molar-refractivity contribution in [3.05, 3.63) is 35.4 Å². The maximum Gasteiger partial charge on any atom is 0.416 e. The molecule has 1 unspecified atom stereocenters. The zero-order valence-electron chi connectivity index (χ0n) is 12.0. The van der Waals surface area contributed by atoms with Gasteiger partial charge in [0.1, 0.15) is 6.34 Å². The zero-order valence-corrected chi connectivity index (χ0v) is 12.0. The van der Waals surface area contributed by atoms with E-state index in [2.05, 4.69) is 5.10 Å². The van der Waals surface area contributed by atoms with E-state index in [-0.39, 0.29) is 6.04 Å². The predicted molar refractivity (Wildman–Crippen MR) is 76.1 cm³/mol. The second-order valence-corrected chi connectivity index (χ2v) is 4.87. The molecule has 0 aliphatic heterocycles. The summed E-state index contributed by atoms with van der Waals surface area (Å²) in [4.78, 5) is 1.96. The van der Waals surface area contributed by atoms with Gasteiger partial charge >= 0.3 is 6.18 Å². The molecule has 0 spiro atoms. The Balaban J connectivity index is 2.96. The van der Waals surface area contributed by atoms with Crippen molar-refractivity contribution in [3.8, 4) is 0 Å². The molecule has 5 nitrogen and oxygen atoms in total. The molecule has 118 valence electrons. The zero-order chi connectivity index (χ0) is 16.0. The van der Waals surface area contributed by atoms with E-state index in [0.717, 1.165) is 23.6 Å². The van der Waals surface area contributed by atoms with Crippen molar-refractivity contribution in [3.63, 3.8) is 0 Å². The Kier molecular flexibility index (Phi) is 5.98. The van der Waals surface area contributed by atoms with E-state index in [1.807, 2.05) is 19.0 Å². The van der Waals surface area contributed by atoms with E-state index in [9.17, 15) is 13.2 Å². The first kappa shape index (κ1) is 17.3. The normalized spacial score (nSPS) is 13.9. The van der Waals surface area contributed by atoms with Crippen LogP contribution in [0.15, 0.2) is 29.4 Å². The Hall–Kier alpha value is -1.80. The molecule has 0 amide bonds. The molecule has 0 saturated carbocycles. The minimum Gasteiger partial charge on any atom is -0.388 e. The number of hydrogen-bond donors (Lipinski definition) is 2. The van der Waals surface area contributed by atoms with Crippen molar-refractivity contribution in [1.29, 1.82) is 0 Å². The molecule has 0 bridgehead atoms. The lowest BCUT2D eigenvalue weighted by molar-refractivity contribution is -0.137. The van der Waals surface area contributed by atoms with Gasteiger partial charge in [-0.1, -0.05) is 12.1 Å². The summed E-state index contributed by atoms with van der Waals surface area (Å²) in [5.74, 6) is 5.79. The number of benzene rings is 1. The summed E-state index contributed by atoms with van der Waals surface area (Å²) in [7, 11) is 3.80. The highest BCUT2D eigenvalue weighted by atomic mass is 19.4. The molecule has 0 fully saturated rings. The van der Waals surface area contributed by atoms with E-state index >= 15 is 0 Å². The van der Waals surface area contributed by atoms with Gasteiger partial charge in [0.05, 0.1) is 11.6 Å². The third-order valence-corrected chi connectivity index (χ3v) is 2.99. The van der Waals surface area contributed by atoms with Crippen molar-refractivity contribution >= 4 is 6.34 Å². The first-order chi connectivity index (χ1) is 9.75. The summed E-state index contributed by atoms with van der Waals surface area (Å²) < 4.78 is 37.7. The molecule has 1 aromatic rings. The van der Waals surface area contributed by atoms with Crippen LogP contribution in [0.3, 0.4) is 0 Å². The van der Waals surface area contributed by atoms with Gasteiger partial charge in [-0.2, -0.15) is 18.3 Å². The van der Waals surface area contributed by atoms with Crippen molar-refractivity contribution in [2.45, 2.75) is 18.6 Å². The molecule has 0 heterocycles. The van der Waals surface area contributed by atoms with E-state index in [1.54, 1.807) is 0 Å². The molecule has 1 rings (SSSR count). The molecule has 1 atom stereocenters. The van der Waals surface area contributed by atoms with Gasteiger partial charge < -0.3 is 10.6 Å². The number of nitrogens with zero attached hydrogens (tertiary/aromatic N) is 3. The highest BCUT2D eigenvalue weighted by Gasteiger charge is 2.30. The first-order valence-corrected chi connectivity index (χ1v) is 6.35. The smallest absolute Gasteiger partial charge is 0.388 e. The van der Waals surface area contributed by atoms with Crippen LogP contribution in [0, 0.1) is 0 Å². The molecule has 1 aromatic carbocycles. The fourth-order valence-electron chi connectivity index (χ4n) is 1.88. The van der Waals surface area contributed by atoms with Crippen molar-refractivity contribution < 1.29 is 13.2 Å². The fourth-order valence-corrected chi connectivity index (χ4v) is 1.88. The van der Waals surface area contributed by atoms with Crippen molar-refractivity contribution in [2.75, 3.05) is 20.6 Å². The number of hydrazine groups is 1. The third kappa shape index (κ3) is 5.24. The summed E-state index contributed by atoms with van der Waals surface area (Å²) in [5, 5.41) is 4.93. The second kappa shape index (κ2) is 7.28. The van der Waals surface area contributed by atoms with E-state index in [0.29, 0.717) is 18.5 Å². The molecular formula is C13H20F3N5. The SMILES string of the molecule is CN(C)CCC(c1ccc(C(F)(F)F)cc1)N(N)/N=C\N. The molecule has 21 heavy (non-hydrogen) atoms. The molecule has 0 saturated heterocycles. The van der Waals surface area contributed by atoms with Crippen LogP contribution < -0.4 is 11.6 Å². The average molecular weight is 303 g/mol. The number of rotatable bonds is 6. The lowest BCUT2D eigenvalue weighted by Crippen LogP contribution is -2.33. The molecule has 0 aliphatic carbocycles. The van der Waals surface area contributed by atoms with Gasteiger partial charge in [0.15, 0.2) is 0 Å². The van der Waals surface area contributed by atoms with Crippen LogP contribution in [0.5, 0.6) is 0 Å². The fraction of sp³-hybridized carbons (Fsp3) is 0.462. The molecule has 0 radical (unpaired) electrons. The minimum atomic E-state index is -4.35. The average Bonchev–Trinajstić information content (AvgIpc) is 2.38. The summed E-state index contributed by atoms with van der Waals surface area (Å²) in [6, 6.07) is 4.55. The summed E-state index contributed by atoms with van der Waals surface area (Å²) in [5.41, 5.74) is 5.17. The standard InChI is InChI=1S/C13H20F3N5/c1-20(2)8-7-12(21(18)19-9-17)10-3-5-11(6-4-10)13(14,15)16/h3-6,9,12H,7-8,18H2,1-2H3,(H2,17,19). The molecule has 0 aromatic heterocycles. The third-order valence-electron chi connectivity index (χ3n) is 2.99. The van der Waals surface area contributed by atoms with Gasteiger partial charge in [0.25, 0.3) is 0 Å². The molecule has 0 aliphatic rings. The number of alkyl halides is 3. The Morgan fingerprint density at radius 3 is 2.24 bits per heavy atom. The Morgan fingerprint density at radius 2 is 1.81 bits per heavy atom. The van der Waals surface area contributed by atoms with Gasteiger partial charge in [0.2, 0.25) is 0 Å². The highest BCUT2D eigenvalue weighted by Crippen LogP contribution is 2.31. The minimum absolute atomic E-state index is 0.352. The molecule has 4 N–H and O–H groups in total. The van der Waals surface area contributed by atoms with Gasteiger partial charge in [-0.25, -0.2) is 11.0 Å². The van der Waals surface area contributed by atoms with E-state index < -0.39 is 11.7 Å². The van der Waals surface area contributed by atoms with Crippen LogP contribution >= 0.6 is 0 Å². The van der Waals surface area contributed by atoms with Crippen LogP contribution in [0.4, 0.5) is 13.2 Å². The lowest BCUT2D eigenvalue weighted by atomic mass is 10.0. The summed E-state index contributed by atoms with van der Waals surface area (Å²) in [6.07, 6.45) is -2.70. The van der Waals surface area contributed by atoms with Crippen molar-refractivity contribution in [2.24, 2.45) is 16.7 Å². The predicted octanol–water partition coefficient (Wildman–Crippen LogP) is 1.78. The lowest BCUT2D eigenvalue weighted by Gasteiger charge is -2.26. The largest absolute Gasteiger partial charge is 0.416 e. The van der Waals surface area contributed by atoms with Crippen LogP contribution in [-0.4, -0.2) is 37.0 Å². The van der Waals surface area contributed by atoms with E-state index in [1.165, 1.54) is 12.1 Å². The quantitative estimate of drug-likeness (QED) is 0.364. The maximum atomic E-state index is 12.6. The number of hydrogen-bond acceptors (Lipinski definition) is 4. The topological polar surface area (TPSA) is 70.9 Å². The van der Waals surface area contributed by atoms with Crippen molar-refractivity contribution in [1.82, 2.24) is 10.0 Å². The van der Waals surface area contributed by atoms with Crippen LogP contribution in [0.1, 0.15) is 23.6 Å². The van der Waals surface area contributed by atoms with Crippen LogP contribution in [-0.2, 0) is 6.18 Å². The Bertz CT molecular complexity index is 456. The monoisotopic (exact) mass is 303 g/mol. The van der Waals surface area contributed by atoms with Gasteiger partial charge in [-0.05, 0) is 44.8 Å². The highest BCUT2D eigenvalue weighted by molar-refractivity contribution is 5.50. The molecule has 8 heteroatoms. The first-order valence-electron chi connectivity index (χ1n) is 6.35. The Labute approximate surface area is 122 Å². The Morgan fingerprint density at radius 1 is 1.24 bits per heavy atom. The van der Waals surface area contributed by atoms with Crippen LogP contribution in [0.2, 0.25) is 0 Å². The maximum absolute atomic E-state index is 12.6. The number of halogens is 3. The second-order valence-electron chi connectivity index (χ2n) is 4.87. The van der Waals surface area contributed by atoms with Crippen LogP contribution in [0.25, 0.3) is 0 Å².